The maximum Gasteiger partial charge on any atom is 0.329 e. The van der Waals surface area contributed by atoms with Crippen LogP contribution in [0.15, 0.2) is 0 Å². The predicted molar refractivity (Wildman–Crippen MR) is 169 cm³/mol. The first-order chi connectivity index (χ1) is 22.7. The largest absolute Gasteiger partial charge is 0.480 e. The molecular weight excluding hydrogens is 608 g/mol. The van der Waals surface area contributed by atoms with Crippen LogP contribution >= 0.6 is 0 Å². The lowest BCUT2D eigenvalue weighted by atomic mass is 10.1. The van der Waals surface area contributed by atoms with E-state index in [0.717, 1.165) is 12.8 Å². The Kier molecular flexibility index (Phi) is 38.5. The Bertz CT molecular complexity index is 626. The average Bonchev–Trinajstić information content (AvgIpc) is 3.04. The Hall–Kier alpha value is -1.46. The number of ether oxygens (including phenoxy) is 11. The minimum absolute atomic E-state index is 0.146. The zero-order valence-corrected chi connectivity index (χ0v) is 28.3. The third-order valence-corrected chi connectivity index (χ3v) is 6.05. The number of unbranched alkanes of at least 4 members (excludes halogenated alkanes) is 6. The first-order valence-corrected chi connectivity index (χ1v) is 16.8. The summed E-state index contributed by atoms with van der Waals surface area (Å²) in [6, 6.07) is 0. The number of carbonyl (C=O) groups is 2. The second-order valence-electron chi connectivity index (χ2n) is 10.0. The number of aliphatic carboxylic acids is 1. The summed E-state index contributed by atoms with van der Waals surface area (Å²) in [5.74, 6) is -1.14. The first kappa shape index (κ1) is 44.5. The second kappa shape index (κ2) is 39.7. The Morgan fingerprint density at radius 1 is 0.391 bits per heavy atom. The molecule has 0 saturated carbocycles. The molecule has 0 aromatic rings. The van der Waals surface area contributed by atoms with Crippen molar-refractivity contribution in [3.63, 3.8) is 0 Å². The molecule has 0 aromatic heterocycles. The van der Waals surface area contributed by atoms with Crippen molar-refractivity contribution < 1.29 is 66.8 Å². The fourth-order valence-corrected chi connectivity index (χ4v) is 3.65. The normalized spacial score (nSPS) is 11.3. The third-order valence-electron chi connectivity index (χ3n) is 6.05. The van der Waals surface area contributed by atoms with Crippen LogP contribution in [0.2, 0.25) is 0 Å². The summed E-state index contributed by atoms with van der Waals surface area (Å²) < 4.78 is 58.7. The van der Waals surface area contributed by atoms with Crippen molar-refractivity contribution in [3.8, 4) is 0 Å². The molecule has 0 aliphatic carbocycles. The third kappa shape index (κ3) is 40.6. The molecule has 0 atom stereocenters. The molecule has 46 heavy (non-hydrogen) atoms. The summed E-state index contributed by atoms with van der Waals surface area (Å²) in [4.78, 5) is 22.0. The van der Waals surface area contributed by atoms with Gasteiger partial charge in [0, 0.05) is 6.42 Å². The lowest BCUT2D eigenvalue weighted by molar-refractivity contribution is -0.145. The van der Waals surface area contributed by atoms with Crippen molar-refractivity contribution in [1.82, 2.24) is 0 Å². The molecule has 0 radical (unpaired) electrons. The van der Waals surface area contributed by atoms with E-state index in [2.05, 4.69) is 6.92 Å². The highest BCUT2D eigenvalue weighted by Gasteiger charge is 2.03. The van der Waals surface area contributed by atoms with Gasteiger partial charge in [0.05, 0.1) is 126 Å². The number of carboxylic acids is 1. The van der Waals surface area contributed by atoms with Crippen LogP contribution in [0.4, 0.5) is 0 Å². The molecule has 0 heterocycles. The Morgan fingerprint density at radius 2 is 0.674 bits per heavy atom. The standard InChI is InChI=1S/C32H62O14/c1-2-3-4-5-6-7-8-9-32(35)46-29-28-44-25-24-42-21-20-40-17-16-38-13-12-36-10-11-37-14-15-39-18-19-41-22-23-43-26-27-45-30-31(33)34/h2-30H2,1H3,(H,33,34). The molecule has 0 aromatic carbocycles. The summed E-state index contributed by atoms with van der Waals surface area (Å²) in [5.41, 5.74) is 0. The molecule has 0 rings (SSSR count). The lowest BCUT2D eigenvalue weighted by Crippen LogP contribution is -2.16. The quantitative estimate of drug-likeness (QED) is 0.0750. The van der Waals surface area contributed by atoms with Gasteiger partial charge in [0.1, 0.15) is 13.2 Å². The van der Waals surface area contributed by atoms with E-state index in [-0.39, 0.29) is 25.8 Å². The minimum atomic E-state index is -0.997. The summed E-state index contributed by atoms with van der Waals surface area (Å²) >= 11 is 0. The van der Waals surface area contributed by atoms with E-state index in [1.807, 2.05) is 0 Å². The average molecular weight is 671 g/mol. The Labute approximate surface area is 275 Å². The number of esters is 1. The fraction of sp³-hybridized carbons (Fsp3) is 0.938. The van der Waals surface area contributed by atoms with Gasteiger partial charge in [0.25, 0.3) is 0 Å². The Morgan fingerprint density at radius 3 is 1.00 bits per heavy atom. The van der Waals surface area contributed by atoms with Crippen molar-refractivity contribution in [1.29, 1.82) is 0 Å². The number of carboxylic acid groups (broad SMARTS) is 1. The van der Waals surface area contributed by atoms with E-state index in [0.29, 0.717) is 125 Å². The van der Waals surface area contributed by atoms with Gasteiger partial charge in [-0.3, -0.25) is 4.79 Å². The van der Waals surface area contributed by atoms with Gasteiger partial charge in [-0.2, -0.15) is 0 Å². The van der Waals surface area contributed by atoms with Gasteiger partial charge in [0.2, 0.25) is 0 Å². The molecule has 0 bridgehead atoms. The Balaban J connectivity index is 3.10. The molecule has 0 fully saturated rings. The van der Waals surface area contributed by atoms with E-state index in [1.165, 1.54) is 32.1 Å². The molecule has 0 saturated heterocycles. The first-order valence-electron chi connectivity index (χ1n) is 16.8. The molecule has 274 valence electrons. The topological polar surface area (TPSA) is 156 Å². The maximum atomic E-state index is 11.7. The number of hydrogen-bond acceptors (Lipinski definition) is 13. The summed E-state index contributed by atoms with van der Waals surface area (Å²) in [6.07, 6.45) is 8.76. The highest BCUT2D eigenvalue weighted by atomic mass is 16.6. The molecule has 0 unspecified atom stereocenters. The summed E-state index contributed by atoms with van der Waals surface area (Å²) in [6.45, 7) is 10.6. The fourth-order valence-electron chi connectivity index (χ4n) is 3.65. The maximum absolute atomic E-state index is 11.7. The minimum Gasteiger partial charge on any atom is -0.480 e. The van der Waals surface area contributed by atoms with Gasteiger partial charge in [-0.15, -0.1) is 0 Å². The van der Waals surface area contributed by atoms with E-state index in [4.69, 9.17) is 57.2 Å². The summed E-state index contributed by atoms with van der Waals surface area (Å²) in [7, 11) is 0. The smallest absolute Gasteiger partial charge is 0.329 e. The van der Waals surface area contributed by atoms with Crippen LogP contribution in [0.25, 0.3) is 0 Å². The number of rotatable bonds is 40. The molecule has 14 heteroatoms. The summed E-state index contributed by atoms with van der Waals surface area (Å²) in [5, 5.41) is 8.42. The molecular formula is C32H62O14. The van der Waals surface area contributed by atoms with Crippen LogP contribution in [0, 0.1) is 0 Å². The zero-order valence-electron chi connectivity index (χ0n) is 28.3. The van der Waals surface area contributed by atoms with Gasteiger partial charge in [-0.25, -0.2) is 4.79 Å². The predicted octanol–water partition coefficient (Wildman–Crippen LogP) is 2.92. The van der Waals surface area contributed by atoms with Gasteiger partial charge >= 0.3 is 11.9 Å². The molecule has 0 aliphatic heterocycles. The van der Waals surface area contributed by atoms with E-state index in [9.17, 15) is 9.59 Å². The van der Waals surface area contributed by atoms with Gasteiger partial charge in [0.15, 0.2) is 0 Å². The van der Waals surface area contributed by atoms with Crippen LogP contribution in [0.1, 0.15) is 58.3 Å². The number of carbonyl (C=O) groups excluding carboxylic acids is 1. The van der Waals surface area contributed by atoms with Gasteiger partial charge < -0.3 is 57.2 Å². The molecule has 0 spiro atoms. The second-order valence-corrected chi connectivity index (χ2v) is 10.0. The highest BCUT2D eigenvalue weighted by molar-refractivity contribution is 5.69. The van der Waals surface area contributed by atoms with Crippen molar-refractivity contribution >= 4 is 11.9 Å². The van der Waals surface area contributed by atoms with E-state index < -0.39 is 5.97 Å². The van der Waals surface area contributed by atoms with Crippen LogP contribution in [0.3, 0.4) is 0 Å². The lowest BCUT2D eigenvalue weighted by Gasteiger charge is -2.09. The van der Waals surface area contributed by atoms with Crippen LogP contribution < -0.4 is 0 Å². The van der Waals surface area contributed by atoms with Crippen molar-refractivity contribution in [2.75, 3.05) is 139 Å². The van der Waals surface area contributed by atoms with Crippen LogP contribution in [-0.2, 0) is 61.7 Å². The van der Waals surface area contributed by atoms with E-state index >= 15 is 0 Å². The number of hydrogen-bond donors (Lipinski definition) is 1. The van der Waals surface area contributed by atoms with Crippen molar-refractivity contribution in [3.05, 3.63) is 0 Å². The SMILES string of the molecule is CCCCCCCCCC(=O)OCCOCCOCCOCCOCCOCCOCCOCCOCCOCCOCC(=O)O. The monoisotopic (exact) mass is 670 g/mol. The van der Waals surface area contributed by atoms with E-state index in [1.54, 1.807) is 0 Å². The highest BCUT2D eigenvalue weighted by Crippen LogP contribution is 2.08. The van der Waals surface area contributed by atoms with Crippen LogP contribution in [-0.4, -0.2) is 156 Å². The van der Waals surface area contributed by atoms with Crippen molar-refractivity contribution in [2.24, 2.45) is 0 Å². The molecule has 1 N–H and O–H groups in total. The molecule has 0 amide bonds. The van der Waals surface area contributed by atoms with Gasteiger partial charge in [-0.05, 0) is 6.42 Å². The molecule has 0 aliphatic rings. The molecule has 14 nitrogen and oxygen atoms in total. The van der Waals surface area contributed by atoms with Gasteiger partial charge in [-0.1, -0.05) is 45.4 Å². The van der Waals surface area contributed by atoms with Crippen molar-refractivity contribution in [2.45, 2.75) is 58.3 Å². The zero-order chi connectivity index (χ0) is 33.4. The van der Waals surface area contributed by atoms with Crippen LogP contribution in [0.5, 0.6) is 0 Å².